The van der Waals surface area contributed by atoms with Gasteiger partial charge in [-0.2, -0.15) is 0 Å². The molecule has 0 unspecified atom stereocenters. The second-order valence-electron chi connectivity index (χ2n) is 1.39. The van der Waals surface area contributed by atoms with Crippen molar-refractivity contribution >= 4 is 29.6 Å². The zero-order chi connectivity index (χ0) is 3.58. The fraction of sp³-hybridized carbons (Fsp3) is 0.750. The summed E-state index contributed by atoms with van der Waals surface area (Å²) in [5.41, 5.74) is 0. The fourth-order valence-corrected chi connectivity index (χ4v) is 0. The van der Waals surface area contributed by atoms with E-state index in [9.17, 15) is 0 Å². The summed E-state index contributed by atoms with van der Waals surface area (Å²) in [5, 5.41) is 0. The Morgan fingerprint density at radius 3 is 1.40 bits per heavy atom. The van der Waals surface area contributed by atoms with Crippen LogP contribution in [0.3, 0.4) is 0 Å². The quantitative estimate of drug-likeness (QED) is 0.379. The van der Waals surface area contributed by atoms with Gasteiger partial charge in [0, 0.05) is 0 Å². The van der Waals surface area contributed by atoms with E-state index in [0.717, 1.165) is 0 Å². The Kier molecular flexibility index (Phi) is 9.38. The van der Waals surface area contributed by atoms with E-state index in [1.807, 2.05) is 0 Å². The Morgan fingerprint density at radius 1 is 1.40 bits per heavy atom. The van der Waals surface area contributed by atoms with Crippen LogP contribution >= 0.6 is 0 Å². The summed E-state index contributed by atoms with van der Waals surface area (Å²) in [6, 6.07) is 0. The molecule has 0 saturated heterocycles. The summed E-state index contributed by atoms with van der Waals surface area (Å²) in [6.45, 7) is 7.75. The molecule has 0 aliphatic carbocycles. The predicted octanol–water partition coefficient (Wildman–Crippen LogP) is 0.828. The number of hydrogen-bond donors (Lipinski definition) is 0. The SMILES string of the molecule is [CH2]C(C)C.[NaH]. The molecule has 0 aliphatic heterocycles. The number of rotatable bonds is 0. The van der Waals surface area contributed by atoms with Crippen molar-refractivity contribution in [1.82, 2.24) is 0 Å². The van der Waals surface area contributed by atoms with E-state index in [4.69, 9.17) is 0 Å². The number of hydrogen-bond acceptors (Lipinski definition) is 0. The maximum absolute atomic E-state index is 3.64. The molecular weight excluding hydrogens is 71.0 g/mol. The van der Waals surface area contributed by atoms with Crippen LogP contribution in [-0.4, -0.2) is 29.6 Å². The first-order valence-electron chi connectivity index (χ1n) is 1.56. The Hall–Kier alpha value is 1.00. The van der Waals surface area contributed by atoms with Gasteiger partial charge in [0.15, 0.2) is 0 Å². The van der Waals surface area contributed by atoms with Crippen molar-refractivity contribution in [3.05, 3.63) is 6.92 Å². The van der Waals surface area contributed by atoms with Crippen LogP contribution in [0, 0.1) is 12.8 Å². The van der Waals surface area contributed by atoms with Gasteiger partial charge >= 0.3 is 29.6 Å². The third-order valence-electron chi connectivity index (χ3n) is 0. The molecule has 0 atom stereocenters. The van der Waals surface area contributed by atoms with Gasteiger partial charge in [-0.05, 0) is 5.92 Å². The van der Waals surface area contributed by atoms with Gasteiger partial charge in [0.1, 0.15) is 0 Å². The first-order valence-corrected chi connectivity index (χ1v) is 1.56. The molecule has 1 radical (unpaired) electrons. The van der Waals surface area contributed by atoms with E-state index in [1.54, 1.807) is 0 Å². The van der Waals surface area contributed by atoms with Crippen LogP contribution < -0.4 is 0 Å². The van der Waals surface area contributed by atoms with E-state index >= 15 is 0 Å². The Balaban J connectivity index is 0. The maximum atomic E-state index is 3.64. The molecule has 0 bridgehead atoms. The summed E-state index contributed by atoms with van der Waals surface area (Å²) in [5.74, 6) is 0.583. The van der Waals surface area contributed by atoms with Gasteiger partial charge in [-0.3, -0.25) is 0 Å². The van der Waals surface area contributed by atoms with Gasteiger partial charge in [0.2, 0.25) is 0 Å². The molecule has 0 aromatic rings. The molecule has 0 saturated carbocycles. The van der Waals surface area contributed by atoms with Gasteiger partial charge in [0.05, 0.1) is 0 Å². The van der Waals surface area contributed by atoms with E-state index in [0.29, 0.717) is 5.92 Å². The van der Waals surface area contributed by atoms with Crippen LogP contribution in [0.25, 0.3) is 0 Å². The van der Waals surface area contributed by atoms with E-state index in [-0.39, 0.29) is 29.6 Å². The fourth-order valence-electron chi connectivity index (χ4n) is 0. The van der Waals surface area contributed by atoms with Crippen molar-refractivity contribution < 1.29 is 0 Å². The summed E-state index contributed by atoms with van der Waals surface area (Å²) >= 11 is 0. The third-order valence-corrected chi connectivity index (χ3v) is 0. The zero-order valence-corrected chi connectivity index (χ0v) is 3.28. The van der Waals surface area contributed by atoms with Crippen molar-refractivity contribution in [3.63, 3.8) is 0 Å². The summed E-state index contributed by atoms with van der Waals surface area (Å²) in [7, 11) is 0. The molecule has 0 N–H and O–H groups in total. The Bertz CT molecular complexity index is 8.36. The normalized spacial score (nSPS) is 7.20. The molecular formula is C4H10Na. The Morgan fingerprint density at radius 2 is 1.40 bits per heavy atom. The second kappa shape index (κ2) is 5.00. The van der Waals surface area contributed by atoms with E-state index in [1.165, 1.54) is 0 Å². The molecule has 0 heterocycles. The molecule has 0 fully saturated rings. The minimum absolute atomic E-state index is 0. The first-order chi connectivity index (χ1) is 1.73. The predicted molar refractivity (Wildman–Crippen MR) is 27.3 cm³/mol. The molecule has 0 nitrogen and oxygen atoms in total. The topological polar surface area (TPSA) is 0 Å². The van der Waals surface area contributed by atoms with Crippen LogP contribution in [0.2, 0.25) is 0 Å². The monoisotopic (exact) mass is 81.1 g/mol. The standard InChI is InChI=1S/C4H9.Na.H/c1-4(2)3;;/h4H,1H2,2-3H3;;. The summed E-state index contributed by atoms with van der Waals surface area (Å²) < 4.78 is 0. The molecule has 0 aliphatic rings. The van der Waals surface area contributed by atoms with E-state index in [2.05, 4.69) is 20.8 Å². The molecule has 0 amide bonds. The van der Waals surface area contributed by atoms with Gasteiger partial charge in [-0.25, -0.2) is 0 Å². The van der Waals surface area contributed by atoms with Crippen LogP contribution in [0.15, 0.2) is 0 Å². The van der Waals surface area contributed by atoms with Crippen molar-refractivity contribution in [3.8, 4) is 0 Å². The first kappa shape index (κ1) is 9.38. The second-order valence-corrected chi connectivity index (χ2v) is 1.39. The Labute approximate surface area is 56.2 Å². The van der Waals surface area contributed by atoms with Crippen LogP contribution in [0.5, 0.6) is 0 Å². The minimum atomic E-state index is 0. The molecule has 0 rings (SSSR count). The molecule has 27 valence electrons. The molecule has 0 aromatic heterocycles. The van der Waals surface area contributed by atoms with Crippen molar-refractivity contribution in [2.45, 2.75) is 13.8 Å². The molecule has 0 aromatic carbocycles. The van der Waals surface area contributed by atoms with Gasteiger partial charge in [-0.15, -0.1) is 0 Å². The summed E-state index contributed by atoms with van der Waals surface area (Å²) in [6.07, 6.45) is 0. The average molecular weight is 81.1 g/mol. The van der Waals surface area contributed by atoms with Crippen molar-refractivity contribution in [1.29, 1.82) is 0 Å². The molecule has 5 heavy (non-hydrogen) atoms. The molecule has 0 spiro atoms. The van der Waals surface area contributed by atoms with E-state index < -0.39 is 0 Å². The van der Waals surface area contributed by atoms with Gasteiger partial charge in [-0.1, -0.05) is 20.8 Å². The summed E-state index contributed by atoms with van der Waals surface area (Å²) in [4.78, 5) is 0. The van der Waals surface area contributed by atoms with Crippen LogP contribution in [0.1, 0.15) is 13.8 Å². The zero-order valence-electron chi connectivity index (χ0n) is 3.28. The van der Waals surface area contributed by atoms with Crippen molar-refractivity contribution in [2.75, 3.05) is 0 Å². The van der Waals surface area contributed by atoms with Crippen LogP contribution in [-0.2, 0) is 0 Å². The van der Waals surface area contributed by atoms with Crippen LogP contribution in [0.4, 0.5) is 0 Å². The van der Waals surface area contributed by atoms with Crippen molar-refractivity contribution in [2.24, 2.45) is 5.92 Å². The third kappa shape index (κ3) is 45.0. The van der Waals surface area contributed by atoms with Gasteiger partial charge < -0.3 is 0 Å². The average Bonchev–Trinajstić information content (AvgIpc) is 0.811. The molecule has 1 heteroatoms. The van der Waals surface area contributed by atoms with Gasteiger partial charge in [0.25, 0.3) is 0 Å².